The minimum atomic E-state index is -1.02. The molecule has 134 valence electrons. The summed E-state index contributed by atoms with van der Waals surface area (Å²) < 4.78 is 0. The lowest BCUT2D eigenvalue weighted by Crippen LogP contribution is -2.28. The number of aryl methyl sites for hydroxylation is 2. The number of rotatable bonds is 4. The number of hydrogen-bond acceptors (Lipinski definition) is 3. The lowest BCUT2D eigenvalue weighted by Gasteiger charge is -2.19. The first kappa shape index (κ1) is 17.7. The van der Waals surface area contributed by atoms with Gasteiger partial charge in [-0.1, -0.05) is 17.7 Å². The molecule has 1 aliphatic rings. The van der Waals surface area contributed by atoms with E-state index < -0.39 is 11.9 Å². The largest absolute Gasteiger partial charge is 0.478 e. The van der Waals surface area contributed by atoms with Crippen LogP contribution in [0.4, 0.5) is 11.4 Å². The van der Waals surface area contributed by atoms with Crippen LogP contribution in [-0.2, 0) is 9.59 Å². The molecular weight excluding hydrogens is 332 g/mol. The molecule has 3 rings (SSSR count). The van der Waals surface area contributed by atoms with Crippen LogP contribution < -0.4 is 10.2 Å². The second-order valence-electron chi connectivity index (χ2n) is 6.57. The van der Waals surface area contributed by atoms with E-state index in [-0.39, 0.29) is 23.8 Å². The predicted octanol–water partition coefficient (Wildman–Crippen LogP) is 2.99. The zero-order chi connectivity index (χ0) is 18.8. The average Bonchev–Trinajstić information content (AvgIpc) is 2.97. The zero-order valence-corrected chi connectivity index (χ0v) is 14.7. The van der Waals surface area contributed by atoms with Crippen molar-refractivity contribution in [2.24, 2.45) is 5.92 Å². The number of carbonyl (C=O) groups excluding carboxylic acids is 2. The molecule has 0 radical (unpaired) electrons. The monoisotopic (exact) mass is 352 g/mol. The van der Waals surface area contributed by atoms with Crippen LogP contribution in [0.15, 0.2) is 42.5 Å². The molecule has 0 spiro atoms. The van der Waals surface area contributed by atoms with Crippen molar-refractivity contribution in [2.75, 3.05) is 16.8 Å². The predicted molar refractivity (Wildman–Crippen MR) is 98.4 cm³/mol. The van der Waals surface area contributed by atoms with Gasteiger partial charge in [0.05, 0.1) is 11.5 Å². The van der Waals surface area contributed by atoms with Gasteiger partial charge >= 0.3 is 5.97 Å². The van der Waals surface area contributed by atoms with Gasteiger partial charge in [-0.05, 0) is 49.7 Å². The Balaban J connectivity index is 1.69. The maximum Gasteiger partial charge on any atom is 0.335 e. The number of aromatic carboxylic acids is 1. The van der Waals surface area contributed by atoms with Crippen molar-refractivity contribution < 1.29 is 19.5 Å². The van der Waals surface area contributed by atoms with Crippen LogP contribution in [0, 0.1) is 19.8 Å². The summed E-state index contributed by atoms with van der Waals surface area (Å²) >= 11 is 0. The van der Waals surface area contributed by atoms with E-state index in [1.165, 1.54) is 12.1 Å². The van der Waals surface area contributed by atoms with Crippen molar-refractivity contribution in [1.29, 1.82) is 0 Å². The van der Waals surface area contributed by atoms with Gasteiger partial charge in [0.25, 0.3) is 0 Å². The second kappa shape index (κ2) is 7.00. The summed E-state index contributed by atoms with van der Waals surface area (Å²) in [5.74, 6) is -1.78. The molecule has 1 aliphatic heterocycles. The molecule has 6 heteroatoms. The minimum absolute atomic E-state index is 0.0710. The number of anilines is 2. The highest BCUT2D eigenvalue weighted by Crippen LogP contribution is 2.29. The van der Waals surface area contributed by atoms with Crippen LogP contribution >= 0.6 is 0 Å². The highest BCUT2D eigenvalue weighted by Gasteiger charge is 2.35. The molecule has 1 fully saturated rings. The molecule has 6 nitrogen and oxygen atoms in total. The maximum absolute atomic E-state index is 12.5. The Morgan fingerprint density at radius 1 is 1.12 bits per heavy atom. The lowest BCUT2D eigenvalue weighted by atomic mass is 10.1. The molecule has 1 heterocycles. The van der Waals surface area contributed by atoms with Crippen LogP contribution in [0.5, 0.6) is 0 Å². The Hall–Kier alpha value is -3.15. The first-order chi connectivity index (χ1) is 12.3. The first-order valence-corrected chi connectivity index (χ1v) is 8.37. The molecule has 2 aromatic rings. The first-order valence-electron chi connectivity index (χ1n) is 8.37. The van der Waals surface area contributed by atoms with Crippen LogP contribution in [0.1, 0.15) is 27.9 Å². The fourth-order valence-corrected chi connectivity index (χ4v) is 3.16. The summed E-state index contributed by atoms with van der Waals surface area (Å²) in [5.41, 5.74) is 3.62. The number of carbonyl (C=O) groups is 3. The van der Waals surface area contributed by atoms with E-state index in [9.17, 15) is 14.4 Å². The van der Waals surface area contributed by atoms with Gasteiger partial charge in [0.15, 0.2) is 0 Å². The number of nitrogens with zero attached hydrogens (tertiary/aromatic N) is 1. The summed E-state index contributed by atoms with van der Waals surface area (Å²) in [4.78, 5) is 37.4. The fourth-order valence-electron chi connectivity index (χ4n) is 3.16. The molecular formula is C20H20N2O4. The molecule has 0 saturated carbocycles. The SMILES string of the molecule is Cc1ccc(N2C[C@H](C(=O)Nc3ccc(C(=O)O)cc3)CC2=O)c(C)c1. The second-order valence-corrected chi connectivity index (χ2v) is 6.57. The van der Waals surface area contributed by atoms with Crippen molar-refractivity contribution in [3.8, 4) is 0 Å². The molecule has 1 atom stereocenters. The van der Waals surface area contributed by atoms with Gasteiger partial charge in [0, 0.05) is 24.3 Å². The van der Waals surface area contributed by atoms with Gasteiger partial charge in [-0.15, -0.1) is 0 Å². The third-order valence-corrected chi connectivity index (χ3v) is 4.54. The number of carboxylic acid groups (broad SMARTS) is 1. The third kappa shape index (κ3) is 3.59. The summed E-state index contributed by atoms with van der Waals surface area (Å²) in [6.07, 6.45) is 0.159. The highest BCUT2D eigenvalue weighted by atomic mass is 16.4. The summed E-state index contributed by atoms with van der Waals surface area (Å²) in [5, 5.41) is 11.7. The van der Waals surface area contributed by atoms with E-state index in [4.69, 9.17) is 5.11 Å². The number of hydrogen-bond donors (Lipinski definition) is 2. The molecule has 2 amide bonds. The van der Waals surface area contributed by atoms with Gasteiger partial charge in [0.1, 0.15) is 0 Å². The number of nitrogens with one attached hydrogen (secondary N) is 1. The standard InChI is InChI=1S/C20H20N2O4/c1-12-3-8-17(13(2)9-12)22-11-15(10-18(22)23)19(24)21-16-6-4-14(5-7-16)20(25)26/h3-9,15H,10-11H2,1-2H3,(H,21,24)(H,25,26)/t15-/m1/s1. The topological polar surface area (TPSA) is 86.7 Å². The van der Waals surface area contributed by atoms with Gasteiger partial charge in [0.2, 0.25) is 11.8 Å². The smallest absolute Gasteiger partial charge is 0.335 e. The van der Waals surface area contributed by atoms with Crippen molar-refractivity contribution >= 4 is 29.2 Å². The van der Waals surface area contributed by atoms with E-state index >= 15 is 0 Å². The summed E-state index contributed by atoms with van der Waals surface area (Å²) in [6.45, 7) is 4.28. The molecule has 1 saturated heterocycles. The van der Waals surface area contributed by atoms with Crippen LogP contribution in [0.3, 0.4) is 0 Å². The van der Waals surface area contributed by atoms with Crippen molar-refractivity contribution in [3.63, 3.8) is 0 Å². The Morgan fingerprint density at radius 2 is 1.81 bits per heavy atom. The van der Waals surface area contributed by atoms with Gasteiger partial charge in [-0.25, -0.2) is 4.79 Å². The van der Waals surface area contributed by atoms with E-state index in [0.717, 1.165) is 16.8 Å². The maximum atomic E-state index is 12.5. The minimum Gasteiger partial charge on any atom is -0.478 e. The molecule has 2 N–H and O–H groups in total. The summed E-state index contributed by atoms with van der Waals surface area (Å²) in [6, 6.07) is 11.8. The Bertz CT molecular complexity index is 874. The number of benzene rings is 2. The Morgan fingerprint density at radius 3 is 2.42 bits per heavy atom. The summed E-state index contributed by atoms with van der Waals surface area (Å²) in [7, 11) is 0. The Kier molecular flexibility index (Phi) is 4.75. The van der Waals surface area contributed by atoms with Gasteiger partial charge in [-0.3, -0.25) is 9.59 Å². The van der Waals surface area contributed by atoms with Crippen LogP contribution in [0.25, 0.3) is 0 Å². The normalized spacial score (nSPS) is 16.6. The fraction of sp³-hybridized carbons (Fsp3) is 0.250. The number of carboxylic acids is 1. The van der Waals surface area contributed by atoms with Crippen molar-refractivity contribution in [1.82, 2.24) is 0 Å². The molecule has 0 bridgehead atoms. The molecule has 0 aromatic heterocycles. The quantitative estimate of drug-likeness (QED) is 0.886. The molecule has 0 unspecified atom stereocenters. The third-order valence-electron chi connectivity index (χ3n) is 4.54. The van der Waals surface area contributed by atoms with E-state index in [1.54, 1.807) is 17.0 Å². The highest BCUT2D eigenvalue weighted by molar-refractivity contribution is 6.04. The Labute approximate surface area is 151 Å². The van der Waals surface area contributed by atoms with Crippen molar-refractivity contribution in [3.05, 3.63) is 59.2 Å². The molecule has 0 aliphatic carbocycles. The van der Waals surface area contributed by atoms with Crippen LogP contribution in [0.2, 0.25) is 0 Å². The average molecular weight is 352 g/mol. The lowest BCUT2D eigenvalue weighted by molar-refractivity contribution is -0.122. The van der Waals surface area contributed by atoms with Crippen LogP contribution in [-0.4, -0.2) is 29.4 Å². The molecule has 2 aromatic carbocycles. The van der Waals surface area contributed by atoms with Gasteiger partial charge < -0.3 is 15.3 Å². The van der Waals surface area contributed by atoms with Crippen molar-refractivity contribution in [2.45, 2.75) is 20.3 Å². The molecule has 26 heavy (non-hydrogen) atoms. The van der Waals surface area contributed by atoms with E-state index in [1.807, 2.05) is 32.0 Å². The number of amides is 2. The van der Waals surface area contributed by atoms with Gasteiger partial charge in [-0.2, -0.15) is 0 Å². The van der Waals surface area contributed by atoms with E-state index in [0.29, 0.717) is 12.2 Å². The zero-order valence-electron chi connectivity index (χ0n) is 14.7. The van der Waals surface area contributed by atoms with E-state index in [2.05, 4.69) is 5.32 Å².